The first-order chi connectivity index (χ1) is 9.17. The monoisotopic (exact) mass is 266 g/mol. The quantitative estimate of drug-likeness (QED) is 0.736. The molecule has 2 N–H and O–H groups in total. The van der Waals surface area contributed by atoms with Crippen LogP contribution in [-0.4, -0.2) is 20.1 Å². The summed E-state index contributed by atoms with van der Waals surface area (Å²) in [4.78, 5) is 2.19. The Kier molecular flexibility index (Phi) is 7.49. The molecule has 3 heteroatoms. The molecule has 0 bridgehead atoms. The van der Waals surface area contributed by atoms with Gasteiger partial charge < -0.3 is 10.6 Å². The number of benzene rings is 1. The van der Waals surface area contributed by atoms with Crippen LogP contribution in [0.5, 0.6) is 0 Å². The lowest BCUT2D eigenvalue weighted by molar-refractivity contribution is 0.410. The van der Waals surface area contributed by atoms with Crippen LogP contribution >= 0.6 is 0 Å². The van der Waals surface area contributed by atoms with Crippen molar-refractivity contribution in [3.05, 3.63) is 30.1 Å². The van der Waals surface area contributed by atoms with Crippen molar-refractivity contribution in [2.75, 3.05) is 25.0 Å². The van der Waals surface area contributed by atoms with Crippen molar-refractivity contribution in [1.82, 2.24) is 0 Å². The molecule has 0 amide bonds. The molecule has 0 aliphatic rings. The van der Waals surface area contributed by atoms with E-state index in [2.05, 4.69) is 18.9 Å². The lowest BCUT2D eigenvalue weighted by atomic mass is 9.94. The van der Waals surface area contributed by atoms with Gasteiger partial charge in [0, 0.05) is 19.3 Å². The average Bonchev–Trinajstić information content (AvgIpc) is 2.40. The molecule has 0 spiro atoms. The summed E-state index contributed by atoms with van der Waals surface area (Å²) in [7, 11) is 2.06. The van der Waals surface area contributed by atoms with Crippen molar-refractivity contribution >= 4 is 5.69 Å². The molecule has 1 aromatic carbocycles. The number of hydrogen-bond donors (Lipinski definition) is 1. The fourth-order valence-electron chi connectivity index (χ4n) is 2.52. The zero-order valence-corrected chi connectivity index (χ0v) is 12.2. The Bertz CT molecular complexity index is 331. The molecule has 0 aliphatic carbocycles. The van der Waals surface area contributed by atoms with Gasteiger partial charge in [0.2, 0.25) is 0 Å². The smallest absolute Gasteiger partial charge is 0.123 e. The summed E-state index contributed by atoms with van der Waals surface area (Å²) in [5, 5.41) is 0. The summed E-state index contributed by atoms with van der Waals surface area (Å²) in [5.74, 6) is 0.583. The summed E-state index contributed by atoms with van der Waals surface area (Å²) in [5.41, 5.74) is 6.73. The van der Waals surface area contributed by atoms with Gasteiger partial charge in [-0.25, -0.2) is 4.39 Å². The van der Waals surface area contributed by atoms with Gasteiger partial charge in [0.1, 0.15) is 5.82 Å². The summed E-state index contributed by atoms with van der Waals surface area (Å²) in [6.45, 7) is 4.03. The van der Waals surface area contributed by atoms with Crippen molar-refractivity contribution in [2.45, 2.75) is 39.0 Å². The third kappa shape index (κ3) is 6.06. The predicted molar refractivity (Wildman–Crippen MR) is 81.0 cm³/mol. The third-order valence-electron chi connectivity index (χ3n) is 3.65. The van der Waals surface area contributed by atoms with Crippen molar-refractivity contribution in [3.8, 4) is 0 Å². The first-order valence-corrected chi connectivity index (χ1v) is 7.34. The van der Waals surface area contributed by atoms with Crippen LogP contribution in [0.4, 0.5) is 10.1 Å². The van der Waals surface area contributed by atoms with Crippen LogP contribution in [0.1, 0.15) is 39.0 Å². The Labute approximate surface area is 116 Å². The largest absolute Gasteiger partial charge is 0.375 e. The highest BCUT2D eigenvalue weighted by atomic mass is 19.1. The van der Waals surface area contributed by atoms with Crippen LogP contribution in [0.2, 0.25) is 0 Å². The first-order valence-electron chi connectivity index (χ1n) is 7.34. The van der Waals surface area contributed by atoms with Gasteiger partial charge in [-0.2, -0.15) is 0 Å². The van der Waals surface area contributed by atoms with E-state index in [1.165, 1.54) is 37.8 Å². The van der Waals surface area contributed by atoms with Gasteiger partial charge in [-0.3, -0.25) is 0 Å². The highest BCUT2D eigenvalue weighted by Gasteiger charge is 2.08. The SMILES string of the molecule is CCCC(CCN)CCCN(C)c1ccc(F)cc1. The molecule has 0 saturated heterocycles. The molecular formula is C16H27FN2. The molecule has 19 heavy (non-hydrogen) atoms. The fraction of sp³-hybridized carbons (Fsp3) is 0.625. The maximum atomic E-state index is 12.8. The van der Waals surface area contributed by atoms with E-state index < -0.39 is 0 Å². The summed E-state index contributed by atoms with van der Waals surface area (Å²) >= 11 is 0. The van der Waals surface area contributed by atoms with Gasteiger partial charge >= 0.3 is 0 Å². The molecule has 1 atom stereocenters. The van der Waals surface area contributed by atoms with Crippen LogP contribution in [0.15, 0.2) is 24.3 Å². The topological polar surface area (TPSA) is 29.3 Å². The molecule has 0 heterocycles. The Balaban J connectivity index is 2.32. The molecule has 0 radical (unpaired) electrons. The van der Waals surface area contributed by atoms with Crippen molar-refractivity contribution < 1.29 is 4.39 Å². The zero-order chi connectivity index (χ0) is 14.1. The molecule has 108 valence electrons. The van der Waals surface area contributed by atoms with E-state index in [-0.39, 0.29) is 5.82 Å². The second-order valence-corrected chi connectivity index (χ2v) is 5.27. The van der Waals surface area contributed by atoms with Crippen LogP contribution in [0.25, 0.3) is 0 Å². The molecule has 1 unspecified atom stereocenters. The first kappa shape index (κ1) is 16.0. The third-order valence-corrected chi connectivity index (χ3v) is 3.65. The maximum absolute atomic E-state index is 12.8. The normalized spacial score (nSPS) is 12.4. The van der Waals surface area contributed by atoms with Gasteiger partial charge in [-0.1, -0.05) is 19.8 Å². The standard InChI is InChI=1S/C16H27FN2/c1-3-5-14(11-12-18)6-4-13-19(2)16-9-7-15(17)8-10-16/h7-10,14H,3-6,11-13,18H2,1-2H3. The predicted octanol–water partition coefficient (Wildman–Crippen LogP) is 3.81. The summed E-state index contributed by atoms with van der Waals surface area (Å²) < 4.78 is 12.8. The lowest BCUT2D eigenvalue weighted by Gasteiger charge is -2.21. The van der Waals surface area contributed by atoms with Gasteiger partial charge in [0.15, 0.2) is 0 Å². The Morgan fingerprint density at radius 1 is 1.16 bits per heavy atom. The van der Waals surface area contributed by atoms with Gasteiger partial charge in [-0.15, -0.1) is 0 Å². The van der Waals surface area contributed by atoms with E-state index in [1.54, 1.807) is 0 Å². The van der Waals surface area contributed by atoms with E-state index in [9.17, 15) is 4.39 Å². The molecule has 0 aromatic heterocycles. The van der Waals surface area contributed by atoms with Crippen molar-refractivity contribution in [2.24, 2.45) is 11.7 Å². The second-order valence-electron chi connectivity index (χ2n) is 5.27. The number of rotatable bonds is 9. The maximum Gasteiger partial charge on any atom is 0.123 e. The molecule has 2 nitrogen and oxygen atoms in total. The van der Waals surface area contributed by atoms with Gasteiger partial charge in [0.05, 0.1) is 0 Å². The highest BCUT2D eigenvalue weighted by molar-refractivity contribution is 5.45. The van der Waals surface area contributed by atoms with E-state index in [0.29, 0.717) is 0 Å². The Morgan fingerprint density at radius 2 is 1.84 bits per heavy atom. The zero-order valence-electron chi connectivity index (χ0n) is 12.2. The second kappa shape index (κ2) is 8.92. The van der Waals surface area contributed by atoms with Crippen molar-refractivity contribution in [3.63, 3.8) is 0 Å². The van der Waals surface area contributed by atoms with Crippen LogP contribution in [0.3, 0.4) is 0 Å². The molecule has 0 saturated carbocycles. The number of anilines is 1. The molecule has 1 rings (SSSR count). The molecule has 1 aromatic rings. The minimum absolute atomic E-state index is 0.178. The Hall–Kier alpha value is -1.09. The van der Waals surface area contributed by atoms with Crippen LogP contribution < -0.4 is 10.6 Å². The van der Waals surface area contributed by atoms with E-state index in [4.69, 9.17) is 5.73 Å². The van der Waals surface area contributed by atoms with Gasteiger partial charge in [0.25, 0.3) is 0 Å². The lowest BCUT2D eigenvalue weighted by Crippen LogP contribution is -2.19. The van der Waals surface area contributed by atoms with E-state index in [1.807, 2.05) is 12.1 Å². The molecular weight excluding hydrogens is 239 g/mol. The fourth-order valence-corrected chi connectivity index (χ4v) is 2.52. The molecule has 0 fully saturated rings. The van der Waals surface area contributed by atoms with E-state index in [0.717, 1.165) is 31.1 Å². The minimum atomic E-state index is -0.178. The van der Waals surface area contributed by atoms with Crippen molar-refractivity contribution in [1.29, 1.82) is 0 Å². The summed E-state index contributed by atoms with van der Waals surface area (Å²) in [6.07, 6.45) is 6.04. The Morgan fingerprint density at radius 3 is 2.42 bits per heavy atom. The number of hydrogen-bond acceptors (Lipinski definition) is 2. The van der Waals surface area contributed by atoms with E-state index >= 15 is 0 Å². The van der Waals surface area contributed by atoms with Gasteiger partial charge in [-0.05, 0) is 56.0 Å². The number of nitrogens with two attached hydrogens (primary N) is 1. The minimum Gasteiger partial charge on any atom is -0.375 e. The number of halogens is 1. The highest BCUT2D eigenvalue weighted by Crippen LogP contribution is 2.19. The van der Waals surface area contributed by atoms with Crippen LogP contribution in [-0.2, 0) is 0 Å². The summed E-state index contributed by atoms with van der Waals surface area (Å²) in [6, 6.07) is 6.69. The number of nitrogens with zero attached hydrogens (tertiary/aromatic N) is 1. The average molecular weight is 266 g/mol. The molecule has 0 aliphatic heterocycles. The van der Waals surface area contributed by atoms with Crippen LogP contribution in [0, 0.1) is 11.7 Å².